The molecule has 16 nitrogen and oxygen atoms in total. The second kappa shape index (κ2) is 18.6. The molecule has 0 spiro atoms. The third-order valence-corrected chi connectivity index (χ3v) is 9.55. The number of hydrogen-bond donors (Lipinski definition) is 10. The summed E-state index contributed by atoms with van der Waals surface area (Å²) in [6.45, 7) is 0.789. The summed E-state index contributed by atoms with van der Waals surface area (Å²) in [7, 11) is 0. The maximum atomic E-state index is 11.8. The van der Waals surface area contributed by atoms with E-state index in [9.17, 15) is 29.4 Å². The molecule has 2 heterocycles. The van der Waals surface area contributed by atoms with Crippen molar-refractivity contribution in [1.82, 2.24) is 20.6 Å². The summed E-state index contributed by atoms with van der Waals surface area (Å²) < 4.78 is 0. The summed E-state index contributed by atoms with van der Waals surface area (Å²) in [5.74, 6) is -2.12. The molecule has 0 fully saturated rings. The topological polar surface area (TPSA) is 287 Å². The first-order valence-corrected chi connectivity index (χ1v) is 17.6. The zero-order chi connectivity index (χ0) is 36.9. The Morgan fingerprint density at radius 2 is 1.10 bits per heavy atom. The number of phenols is 2. The lowest BCUT2D eigenvalue weighted by atomic mass is 10.0. The van der Waals surface area contributed by atoms with Crippen molar-refractivity contribution in [1.29, 1.82) is 0 Å². The van der Waals surface area contributed by atoms with E-state index in [1.807, 2.05) is 0 Å². The van der Waals surface area contributed by atoms with Crippen molar-refractivity contribution in [2.75, 3.05) is 36.8 Å². The number of carbonyl (C=O) groups excluding carboxylic acids is 4. The van der Waals surface area contributed by atoms with Crippen LogP contribution in [-0.4, -0.2) is 82.1 Å². The van der Waals surface area contributed by atoms with Crippen LogP contribution >= 0.6 is 22.7 Å². The molecule has 2 aromatic heterocycles. The number of aromatic nitrogens is 2. The molecule has 0 aliphatic rings. The van der Waals surface area contributed by atoms with Gasteiger partial charge in [-0.2, -0.15) is 0 Å². The number of aromatic hydroxyl groups is 2. The summed E-state index contributed by atoms with van der Waals surface area (Å²) in [6, 6.07) is 8.15. The number of carbonyl (C=O) groups is 4. The van der Waals surface area contributed by atoms with Crippen molar-refractivity contribution in [3.63, 3.8) is 0 Å². The molecule has 0 aliphatic heterocycles. The molecule has 18 heteroatoms. The fraction of sp³-hybridized carbons (Fsp3) is 0.333. The Balaban J connectivity index is 1.23. The number of primary amides is 2. The van der Waals surface area contributed by atoms with E-state index in [1.54, 1.807) is 48.8 Å². The van der Waals surface area contributed by atoms with Crippen molar-refractivity contribution in [3.8, 4) is 11.5 Å². The van der Waals surface area contributed by atoms with E-state index in [1.165, 1.54) is 22.7 Å². The first-order valence-electron chi connectivity index (χ1n) is 16.0. The van der Waals surface area contributed by atoms with Crippen LogP contribution in [0.5, 0.6) is 11.5 Å². The highest BCUT2D eigenvalue weighted by molar-refractivity contribution is 7.15. The van der Waals surface area contributed by atoms with Crippen LogP contribution in [0.4, 0.5) is 10.3 Å². The zero-order valence-corrected chi connectivity index (χ0v) is 29.3. The largest absolute Gasteiger partial charge is 0.508 e. The van der Waals surface area contributed by atoms with Gasteiger partial charge in [0.1, 0.15) is 23.6 Å². The molecule has 0 aliphatic carbocycles. The molecular weight excluding hydrogens is 697 g/mol. The van der Waals surface area contributed by atoms with E-state index in [-0.39, 0.29) is 37.4 Å². The van der Waals surface area contributed by atoms with Crippen LogP contribution in [0.3, 0.4) is 0 Å². The highest BCUT2D eigenvalue weighted by Gasteiger charge is 2.20. The minimum Gasteiger partial charge on any atom is -0.508 e. The molecule has 14 N–H and O–H groups in total. The molecule has 2 aromatic carbocycles. The van der Waals surface area contributed by atoms with Gasteiger partial charge in [0.25, 0.3) is 0 Å². The summed E-state index contributed by atoms with van der Waals surface area (Å²) in [6.07, 6.45) is 5.43. The van der Waals surface area contributed by atoms with Crippen molar-refractivity contribution in [2.24, 2.45) is 22.9 Å². The highest BCUT2D eigenvalue weighted by Crippen LogP contribution is 2.28. The molecular formula is C33H42N10O6S2. The minimum absolute atomic E-state index is 0.105. The van der Waals surface area contributed by atoms with Gasteiger partial charge >= 0.3 is 0 Å². The standard InChI is InChI=1S/C33H42N10O6S2/c34-14-28(46)42-24(30(36)48)10-18-2-4-26(44)20(8-18)12-22-16-40-32(50-22)38-6-1-7-39-33-41-17-23(51-33)13-21-9-19(3-5-27(21)45)11-25(31(37)49)43-29(47)15-35/h2-5,8-9,16-17,24-25,44-45H,1,6-7,10-15,34-35H2,(H2,36,48)(H2,37,49)(H,38,40)(H,39,41)(H,42,46)(H,43,47)/t24-,25-/m0/s1. The number of benzene rings is 2. The predicted octanol–water partition coefficient (Wildman–Crippen LogP) is 0.0491. The Hall–Kier alpha value is -5.30. The smallest absolute Gasteiger partial charge is 0.240 e. The summed E-state index contributed by atoms with van der Waals surface area (Å²) in [5, 5.41) is 34.0. The maximum Gasteiger partial charge on any atom is 0.240 e. The number of amides is 4. The van der Waals surface area contributed by atoms with Gasteiger partial charge in [-0.3, -0.25) is 19.2 Å². The second-order valence-electron chi connectivity index (χ2n) is 11.6. The van der Waals surface area contributed by atoms with E-state index in [2.05, 4.69) is 31.2 Å². The lowest BCUT2D eigenvalue weighted by Crippen LogP contribution is -2.47. The molecule has 4 rings (SSSR count). The number of hydrogen-bond acceptors (Lipinski definition) is 14. The lowest BCUT2D eigenvalue weighted by Gasteiger charge is -2.16. The molecule has 0 unspecified atom stereocenters. The van der Waals surface area contributed by atoms with Gasteiger partial charge in [-0.05, 0) is 40.8 Å². The predicted molar refractivity (Wildman–Crippen MR) is 195 cm³/mol. The highest BCUT2D eigenvalue weighted by atomic mass is 32.1. The number of nitrogens with two attached hydrogens (primary N) is 4. The molecule has 4 amide bonds. The summed E-state index contributed by atoms with van der Waals surface area (Å²) in [4.78, 5) is 57.7. The van der Waals surface area contributed by atoms with Crippen LogP contribution in [0, 0.1) is 0 Å². The van der Waals surface area contributed by atoms with E-state index >= 15 is 0 Å². The Bertz CT molecular complexity index is 1700. The molecule has 4 aromatic rings. The molecule has 0 saturated heterocycles. The van der Waals surface area contributed by atoms with Crippen LogP contribution < -0.4 is 44.2 Å². The molecule has 2 atom stereocenters. The molecule has 0 radical (unpaired) electrons. The Labute approximate surface area is 302 Å². The van der Waals surface area contributed by atoms with E-state index in [0.29, 0.717) is 37.1 Å². The van der Waals surface area contributed by atoms with Gasteiger partial charge < -0.3 is 54.4 Å². The number of rotatable bonds is 20. The van der Waals surface area contributed by atoms with Crippen molar-refractivity contribution < 1.29 is 29.4 Å². The third-order valence-electron chi connectivity index (χ3n) is 7.64. The normalized spacial score (nSPS) is 12.1. The van der Waals surface area contributed by atoms with Gasteiger partial charge in [-0.1, -0.05) is 24.3 Å². The summed E-state index contributed by atoms with van der Waals surface area (Å²) in [5.41, 5.74) is 24.3. The quantitative estimate of drug-likeness (QED) is 0.0539. The van der Waals surface area contributed by atoms with Gasteiger partial charge in [-0.25, -0.2) is 9.97 Å². The van der Waals surface area contributed by atoms with Gasteiger partial charge in [0, 0.05) is 60.9 Å². The van der Waals surface area contributed by atoms with Crippen LogP contribution in [0.15, 0.2) is 48.8 Å². The fourth-order valence-corrected chi connectivity index (χ4v) is 6.76. The fourth-order valence-electron chi connectivity index (χ4n) is 5.03. The van der Waals surface area contributed by atoms with E-state index in [4.69, 9.17) is 22.9 Å². The Morgan fingerprint density at radius 1 is 0.686 bits per heavy atom. The van der Waals surface area contributed by atoms with Crippen molar-refractivity contribution >= 4 is 56.6 Å². The Kier molecular flexibility index (Phi) is 14.1. The van der Waals surface area contributed by atoms with Crippen molar-refractivity contribution in [3.05, 3.63) is 80.8 Å². The average Bonchev–Trinajstić information content (AvgIpc) is 3.75. The van der Waals surface area contributed by atoms with Crippen LogP contribution in [0.1, 0.15) is 38.4 Å². The number of nitrogens with zero attached hydrogens (tertiary/aromatic N) is 2. The lowest BCUT2D eigenvalue weighted by molar-refractivity contribution is -0.126. The van der Waals surface area contributed by atoms with Crippen LogP contribution in [0.2, 0.25) is 0 Å². The zero-order valence-electron chi connectivity index (χ0n) is 27.7. The van der Waals surface area contributed by atoms with Gasteiger partial charge in [0.15, 0.2) is 10.3 Å². The monoisotopic (exact) mass is 738 g/mol. The first-order chi connectivity index (χ1) is 24.4. The van der Waals surface area contributed by atoms with Gasteiger partial charge in [0.05, 0.1) is 13.1 Å². The number of thiazole rings is 2. The minimum atomic E-state index is -0.919. The number of anilines is 2. The molecule has 0 bridgehead atoms. The first kappa shape index (κ1) is 38.5. The molecule has 272 valence electrons. The number of nitrogens with one attached hydrogen (secondary N) is 4. The maximum absolute atomic E-state index is 11.8. The second-order valence-corrected chi connectivity index (χ2v) is 13.8. The molecule has 51 heavy (non-hydrogen) atoms. The van der Waals surface area contributed by atoms with E-state index < -0.39 is 35.7 Å². The number of phenolic OH excluding ortho intramolecular Hbond substituents is 2. The Morgan fingerprint density at radius 3 is 1.47 bits per heavy atom. The third kappa shape index (κ3) is 11.9. The molecule has 0 saturated carbocycles. The van der Waals surface area contributed by atoms with Gasteiger partial charge in [-0.15, -0.1) is 22.7 Å². The summed E-state index contributed by atoms with van der Waals surface area (Å²) >= 11 is 2.93. The van der Waals surface area contributed by atoms with E-state index in [0.717, 1.165) is 37.6 Å². The van der Waals surface area contributed by atoms with Crippen LogP contribution in [-0.2, 0) is 44.9 Å². The SMILES string of the molecule is NCC(=O)N[C@@H](Cc1ccc(O)c(Cc2cnc(NCCCNc3ncc(Cc4cc(C[C@H](NC(=O)CN)C(N)=O)ccc4O)s3)s2)c1)C(N)=O. The van der Waals surface area contributed by atoms with Gasteiger partial charge in [0.2, 0.25) is 23.6 Å². The van der Waals surface area contributed by atoms with Crippen LogP contribution in [0.25, 0.3) is 0 Å². The average molecular weight is 739 g/mol. The van der Waals surface area contributed by atoms with Crippen molar-refractivity contribution in [2.45, 2.75) is 44.2 Å².